The third kappa shape index (κ3) is 4.80. The standard InChI is InChI=1S/C24H29N3O5/c1-30-21-8-6-17(14-22(21)31-2)24(29)25-18-7-9-20-19(15-18)27(23(28)16-32-20)13-12-26-10-4-3-5-11-26/h6-9,14-15H,3-5,10-13,16H2,1-2H3,(H,25,29). The van der Waals surface area contributed by atoms with Crippen LogP contribution in [0.1, 0.15) is 29.6 Å². The van der Waals surface area contributed by atoms with E-state index in [1.165, 1.54) is 26.4 Å². The number of likely N-dealkylation sites (tertiary alicyclic amines) is 1. The number of carbonyl (C=O) groups is 2. The number of hydrogen-bond acceptors (Lipinski definition) is 6. The second-order valence-corrected chi connectivity index (χ2v) is 7.94. The molecule has 0 atom stereocenters. The van der Waals surface area contributed by atoms with Crippen molar-refractivity contribution < 1.29 is 23.8 Å². The zero-order valence-corrected chi connectivity index (χ0v) is 18.6. The van der Waals surface area contributed by atoms with Crippen LogP contribution in [0.3, 0.4) is 0 Å². The van der Waals surface area contributed by atoms with Gasteiger partial charge < -0.3 is 29.3 Å². The molecule has 2 aliphatic heterocycles. The average molecular weight is 440 g/mol. The van der Waals surface area contributed by atoms with E-state index >= 15 is 0 Å². The molecule has 2 aliphatic rings. The van der Waals surface area contributed by atoms with Gasteiger partial charge in [-0.1, -0.05) is 6.42 Å². The molecule has 2 heterocycles. The van der Waals surface area contributed by atoms with Crippen molar-refractivity contribution in [2.45, 2.75) is 19.3 Å². The summed E-state index contributed by atoms with van der Waals surface area (Å²) in [6, 6.07) is 10.4. The number of carbonyl (C=O) groups excluding carboxylic acids is 2. The Kier molecular flexibility index (Phi) is 6.80. The van der Waals surface area contributed by atoms with Crippen molar-refractivity contribution in [1.29, 1.82) is 0 Å². The molecule has 1 fully saturated rings. The summed E-state index contributed by atoms with van der Waals surface area (Å²) in [5.74, 6) is 1.32. The van der Waals surface area contributed by atoms with E-state index in [1.807, 2.05) is 0 Å². The highest BCUT2D eigenvalue weighted by atomic mass is 16.5. The van der Waals surface area contributed by atoms with Crippen LogP contribution in [0.15, 0.2) is 36.4 Å². The van der Waals surface area contributed by atoms with E-state index in [2.05, 4.69) is 10.2 Å². The topological polar surface area (TPSA) is 80.3 Å². The second-order valence-electron chi connectivity index (χ2n) is 7.94. The lowest BCUT2D eigenvalue weighted by Gasteiger charge is -2.33. The van der Waals surface area contributed by atoms with Crippen molar-refractivity contribution in [3.8, 4) is 17.2 Å². The van der Waals surface area contributed by atoms with Gasteiger partial charge in [-0.25, -0.2) is 0 Å². The normalized spacial score (nSPS) is 16.2. The van der Waals surface area contributed by atoms with E-state index < -0.39 is 0 Å². The fourth-order valence-corrected chi connectivity index (χ4v) is 4.13. The van der Waals surface area contributed by atoms with Crippen LogP contribution in [0.5, 0.6) is 17.2 Å². The molecule has 1 saturated heterocycles. The lowest BCUT2D eigenvalue weighted by atomic mass is 10.1. The van der Waals surface area contributed by atoms with Gasteiger partial charge in [0.25, 0.3) is 11.8 Å². The molecule has 0 aliphatic carbocycles. The Bertz CT molecular complexity index is 988. The van der Waals surface area contributed by atoms with Crippen molar-refractivity contribution in [2.24, 2.45) is 0 Å². The summed E-state index contributed by atoms with van der Waals surface area (Å²) in [6.07, 6.45) is 3.69. The first kappa shape index (κ1) is 22.0. The summed E-state index contributed by atoms with van der Waals surface area (Å²) >= 11 is 0. The van der Waals surface area contributed by atoms with Crippen LogP contribution >= 0.6 is 0 Å². The van der Waals surface area contributed by atoms with Gasteiger partial charge in [0.1, 0.15) is 5.75 Å². The smallest absolute Gasteiger partial charge is 0.265 e. The highest BCUT2D eigenvalue weighted by Gasteiger charge is 2.26. The molecule has 0 bridgehead atoms. The first-order valence-corrected chi connectivity index (χ1v) is 10.9. The first-order chi connectivity index (χ1) is 15.6. The average Bonchev–Trinajstić information content (AvgIpc) is 2.83. The second kappa shape index (κ2) is 9.91. The number of nitrogens with one attached hydrogen (secondary N) is 1. The van der Waals surface area contributed by atoms with Crippen LogP contribution in [-0.4, -0.2) is 63.7 Å². The van der Waals surface area contributed by atoms with Crippen molar-refractivity contribution in [3.63, 3.8) is 0 Å². The molecule has 0 aromatic heterocycles. The monoisotopic (exact) mass is 439 g/mol. The molecule has 0 spiro atoms. The molecule has 1 N–H and O–H groups in total. The highest BCUT2D eigenvalue weighted by molar-refractivity contribution is 6.05. The first-order valence-electron chi connectivity index (χ1n) is 10.9. The van der Waals surface area contributed by atoms with Crippen LogP contribution < -0.4 is 24.4 Å². The summed E-state index contributed by atoms with van der Waals surface area (Å²) in [5.41, 5.74) is 1.71. The zero-order chi connectivity index (χ0) is 22.5. The minimum atomic E-state index is -0.283. The number of rotatable bonds is 7. The molecule has 0 unspecified atom stereocenters. The molecule has 0 radical (unpaired) electrons. The number of hydrogen-bond donors (Lipinski definition) is 1. The fraction of sp³-hybridized carbons (Fsp3) is 0.417. The number of methoxy groups -OCH3 is 2. The molecule has 2 amide bonds. The Morgan fingerprint density at radius 1 is 1.00 bits per heavy atom. The van der Waals surface area contributed by atoms with Crippen molar-refractivity contribution in [1.82, 2.24) is 4.90 Å². The van der Waals surface area contributed by atoms with E-state index in [9.17, 15) is 9.59 Å². The fourth-order valence-electron chi connectivity index (χ4n) is 4.13. The maximum atomic E-state index is 12.8. The van der Waals surface area contributed by atoms with Crippen LogP contribution in [0.2, 0.25) is 0 Å². The number of benzene rings is 2. The van der Waals surface area contributed by atoms with Gasteiger partial charge in [0, 0.05) is 24.3 Å². The van der Waals surface area contributed by atoms with Crippen molar-refractivity contribution in [2.75, 3.05) is 57.2 Å². The maximum absolute atomic E-state index is 12.8. The Hall–Kier alpha value is -3.26. The summed E-state index contributed by atoms with van der Waals surface area (Å²) in [6.45, 7) is 3.61. The SMILES string of the molecule is COc1ccc(C(=O)Nc2ccc3c(c2)N(CCN2CCCCC2)C(=O)CO3)cc1OC. The van der Waals surface area contributed by atoms with E-state index in [4.69, 9.17) is 14.2 Å². The van der Waals surface area contributed by atoms with Gasteiger partial charge in [0.05, 0.1) is 19.9 Å². The highest BCUT2D eigenvalue weighted by Crippen LogP contribution is 2.35. The number of amides is 2. The predicted molar refractivity (Wildman–Crippen MR) is 122 cm³/mol. The number of fused-ring (bicyclic) bond motifs is 1. The van der Waals surface area contributed by atoms with Crippen molar-refractivity contribution >= 4 is 23.2 Å². The van der Waals surface area contributed by atoms with Gasteiger partial charge in [-0.15, -0.1) is 0 Å². The predicted octanol–water partition coefficient (Wildman–Crippen LogP) is 3.17. The molecule has 2 aromatic rings. The van der Waals surface area contributed by atoms with Crippen LogP contribution in [0.25, 0.3) is 0 Å². The molecule has 8 heteroatoms. The van der Waals surface area contributed by atoms with Gasteiger partial charge >= 0.3 is 0 Å². The van der Waals surface area contributed by atoms with Gasteiger partial charge in [-0.3, -0.25) is 9.59 Å². The van der Waals surface area contributed by atoms with Crippen molar-refractivity contribution in [3.05, 3.63) is 42.0 Å². The third-order valence-electron chi connectivity index (χ3n) is 5.89. The quantitative estimate of drug-likeness (QED) is 0.714. The van der Waals surface area contributed by atoms with Crippen LogP contribution in [-0.2, 0) is 4.79 Å². The van der Waals surface area contributed by atoms with E-state index in [0.29, 0.717) is 40.7 Å². The van der Waals surface area contributed by atoms with Crippen LogP contribution in [0.4, 0.5) is 11.4 Å². The van der Waals surface area contributed by atoms with Gasteiger partial charge in [-0.05, 0) is 62.3 Å². The number of anilines is 2. The Labute approximate surface area is 188 Å². The largest absolute Gasteiger partial charge is 0.493 e. The minimum absolute atomic E-state index is 0.0321. The lowest BCUT2D eigenvalue weighted by molar-refractivity contribution is -0.121. The van der Waals surface area contributed by atoms with Gasteiger partial charge in [-0.2, -0.15) is 0 Å². The van der Waals surface area contributed by atoms with Gasteiger partial charge in [0.2, 0.25) is 0 Å². The molecule has 8 nitrogen and oxygen atoms in total. The maximum Gasteiger partial charge on any atom is 0.265 e. The van der Waals surface area contributed by atoms with E-state index in [1.54, 1.807) is 48.4 Å². The summed E-state index contributed by atoms with van der Waals surface area (Å²) in [7, 11) is 3.07. The zero-order valence-electron chi connectivity index (χ0n) is 18.6. The Morgan fingerprint density at radius 2 is 1.78 bits per heavy atom. The van der Waals surface area contributed by atoms with Gasteiger partial charge in [0.15, 0.2) is 18.1 Å². The Morgan fingerprint density at radius 3 is 2.53 bits per heavy atom. The third-order valence-corrected chi connectivity index (χ3v) is 5.89. The molecule has 170 valence electrons. The lowest BCUT2D eigenvalue weighted by Crippen LogP contribution is -2.44. The molecule has 2 aromatic carbocycles. The molecule has 4 rings (SSSR count). The summed E-state index contributed by atoms with van der Waals surface area (Å²) in [4.78, 5) is 29.5. The molecular weight excluding hydrogens is 410 g/mol. The van der Waals surface area contributed by atoms with E-state index in [0.717, 1.165) is 19.6 Å². The molecular formula is C24H29N3O5. The Balaban J connectivity index is 1.49. The molecule has 0 saturated carbocycles. The number of piperidine rings is 1. The number of nitrogens with zero attached hydrogens (tertiary/aromatic N) is 2. The van der Waals surface area contributed by atoms with Crippen LogP contribution in [0, 0.1) is 0 Å². The molecule has 32 heavy (non-hydrogen) atoms. The van der Waals surface area contributed by atoms with E-state index in [-0.39, 0.29) is 18.4 Å². The summed E-state index contributed by atoms with van der Waals surface area (Å²) in [5, 5.41) is 2.90. The summed E-state index contributed by atoms with van der Waals surface area (Å²) < 4.78 is 16.1. The minimum Gasteiger partial charge on any atom is -0.493 e. The number of ether oxygens (including phenoxy) is 3.